The molecule has 0 fully saturated rings. The van der Waals surface area contributed by atoms with Crippen LogP contribution in [0.1, 0.15) is 17.2 Å². The number of hydrogen-bond donors (Lipinski definition) is 3. The smallest absolute Gasteiger partial charge is 0.319 e. The van der Waals surface area contributed by atoms with Gasteiger partial charge in [-0.25, -0.2) is 4.79 Å². The molecule has 0 radical (unpaired) electrons. The minimum Gasteiger partial charge on any atom is -0.386 e. The normalized spacial score (nSPS) is 11.8. The highest BCUT2D eigenvalue weighted by molar-refractivity contribution is 6.36. The molecule has 1 aromatic heterocycles. The van der Waals surface area contributed by atoms with Crippen molar-refractivity contribution in [3.8, 4) is 0 Å². The van der Waals surface area contributed by atoms with Crippen molar-refractivity contribution in [3.63, 3.8) is 0 Å². The van der Waals surface area contributed by atoms with Crippen molar-refractivity contribution in [2.24, 2.45) is 0 Å². The van der Waals surface area contributed by atoms with Crippen LogP contribution >= 0.6 is 23.2 Å². The number of nitrogens with zero attached hydrogens (tertiary/aromatic N) is 1. The second-order valence-corrected chi connectivity index (χ2v) is 5.49. The van der Waals surface area contributed by atoms with E-state index in [1.54, 1.807) is 36.7 Å². The number of nitrogens with one attached hydrogen (secondary N) is 2. The molecule has 0 saturated carbocycles. The summed E-state index contributed by atoms with van der Waals surface area (Å²) in [4.78, 5) is 15.8. The third-order valence-corrected chi connectivity index (χ3v) is 3.72. The van der Waals surface area contributed by atoms with Crippen LogP contribution in [0.15, 0.2) is 36.7 Å². The van der Waals surface area contributed by atoms with Crippen molar-refractivity contribution in [1.82, 2.24) is 10.3 Å². The Morgan fingerprint density at radius 2 is 2.00 bits per heavy atom. The number of aryl methyl sites for hydroxylation is 1. The number of aliphatic hydroxyl groups is 1. The van der Waals surface area contributed by atoms with Crippen LogP contribution in [0.25, 0.3) is 0 Å². The third-order valence-electron chi connectivity index (χ3n) is 3.06. The molecule has 1 heterocycles. The van der Waals surface area contributed by atoms with Gasteiger partial charge >= 0.3 is 6.03 Å². The standard InChI is InChI=1S/C15H15Cl2N3O2/c1-9-7-18-6-5-12(9)20-15(22)19-8-13(21)14-10(16)3-2-4-11(14)17/h2-7,13,21H,8H2,1H3,(H2,18,19,20,22). The Balaban J connectivity index is 1.95. The summed E-state index contributed by atoms with van der Waals surface area (Å²) in [6.07, 6.45) is 2.24. The van der Waals surface area contributed by atoms with E-state index in [2.05, 4.69) is 15.6 Å². The zero-order chi connectivity index (χ0) is 16.1. The highest BCUT2D eigenvalue weighted by atomic mass is 35.5. The summed E-state index contributed by atoms with van der Waals surface area (Å²) in [5.74, 6) is 0. The minimum absolute atomic E-state index is 0.0145. The van der Waals surface area contributed by atoms with Crippen LogP contribution in [0.5, 0.6) is 0 Å². The second-order valence-electron chi connectivity index (χ2n) is 4.68. The van der Waals surface area contributed by atoms with Crippen molar-refractivity contribution < 1.29 is 9.90 Å². The van der Waals surface area contributed by atoms with Crippen molar-refractivity contribution in [1.29, 1.82) is 0 Å². The fraction of sp³-hybridized carbons (Fsp3) is 0.200. The molecule has 5 nitrogen and oxygen atoms in total. The number of anilines is 1. The molecule has 2 rings (SSSR count). The van der Waals surface area contributed by atoms with Crippen LogP contribution in [0.4, 0.5) is 10.5 Å². The highest BCUT2D eigenvalue weighted by Crippen LogP contribution is 2.29. The maximum atomic E-state index is 11.9. The zero-order valence-corrected chi connectivity index (χ0v) is 13.3. The van der Waals surface area contributed by atoms with Crippen molar-refractivity contribution in [3.05, 3.63) is 57.8 Å². The van der Waals surface area contributed by atoms with Crippen LogP contribution in [0, 0.1) is 6.92 Å². The molecule has 0 aliphatic carbocycles. The fourth-order valence-electron chi connectivity index (χ4n) is 1.90. The van der Waals surface area contributed by atoms with Gasteiger partial charge in [-0.2, -0.15) is 0 Å². The van der Waals surface area contributed by atoms with Gasteiger partial charge in [-0.3, -0.25) is 4.98 Å². The van der Waals surface area contributed by atoms with Gasteiger partial charge in [-0.1, -0.05) is 29.3 Å². The second kappa shape index (κ2) is 7.45. The average molecular weight is 340 g/mol. The fourth-order valence-corrected chi connectivity index (χ4v) is 2.55. The molecule has 7 heteroatoms. The van der Waals surface area contributed by atoms with Gasteiger partial charge in [0.05, 0.1) is 6.10 Å². The summed E-state index contributed by atoms with van der Waals surface area (Å²) in [6.45, 7) is 1.82. The van der Waals surface area contributed by atoms with Crippen LogP contribution in [0.2, 0.25) is 10.0 Å². The van der Waals surface area contributed by atoms with Gasteiger partial charge < -0.3 is 15.7 Å². The van der Waals surface area contributed by atoms with Crippen LogP contribution in [-0.2, 0) is 0 Å². The Kier molecular flexibility index (Phi) is 5.60. The quantitative estimate of drug-likeness (QED) is 0.797. The first-order chi connectivity index (χ1) is 10.5. The number of carbonyl (C=O) groups excluding carboxylic acids is 1. The molecule has 0 aliphatic rings. The number of amides is 2. The first-order valence-corrected chi connectivity index (χ1v) is 7.32. The van der Waals surface area contributed by atoms with Crippen molar-refractivity contribution >= 4 is 34.9 Å². The lowest BCUT2D eigenvalue weighted by atomic mass is 10.1. The Morgan fingerprint density at radius 1 is 1.32 bits per heavy atom. The van der Waals surface area contributed by atoms with E-state index in [0.29, 0.717) is 21.3 Å². The summed E-state index contributed by atoms with van der Waals surface area (Å²) in [7, 11) is 0. The van der Waals surface area contributed by atoms with Gasteiger partial charge in [0.25, 0.3) is 0 Å². The maximum absolute atomic E-state index is 11.9. The zero-order valence-electron chi connectivity index (χ0n) is 11.8. The van der Waals surface area contributed by atoms with E-state index in [9.17, 15) is 9.90 Å². The van der Waals surface area contributed by atoms with E-state index in [1.165, 1.54) is 0 Å². The van der Waals surface area contributed by atoms with E-state index in [0.717, 1.165) is 5.56 Å². The molecule has 2 amide bonds. The lowest BCUT2D eigenvalue weighted by Gasteiger charge is -2.16. The number of aromatic nitrogens is 1. The summed E-state index contributed by atoms with van der Waals surface area (Å²) in [6, 6.07) is 6.21. The molecule has 1 atom stereocenters. The van der Waals surface area contributed by atoms with E-state index < -0.39 is 12.1 Å². The summed E-state index contributed by atoms with van der Waals surface area (Å²) < 4.78 is 0. The van der Waals surface area contributed by atoms with Gasteiger partial charge in [-0.05, 0) is 30.7 Å². The molecule has 2 aromatic rings. The summed E-state index contributed by atoms with van der Waals surface area (Å²) in [5, 5.41) is 16.1. The average Bonchev–Trinajstić information content (AvgIpc) is 2.47. The summed E-state index contributed by atoms with van der Waals surface area (Å²) >= 11 is 12.0. The van der Waals surface area contributed by atoms with Crippen LogP contribution in [-0.4, -0.2) is 22.7 Å². The van der Waals surface area contributed by atoms with Gasteiger partial charge in [0.1, 0.15) is 0 Å². The van der Waals surface area contributed by atoms with E-state index in [1.807, 2.05) is 6.92 Å². The van der Waals surface area contributed by atoms with E-state index in [4.69, 9.17) is 23.2 Å². The lowest BCUT2D eigenvalue weighted by Crippen LogP contribution is -2.32. The Hall–Kier alpha value is -1.82. The molecular weight excluding hydrogens is 325 g/mol. The molecule has 0 bridgehead atoms. The first-order valence-electron chi connectivity index (χ1n) is 6.56. The number of hydrogen-bond acceptors (Lipinski definition) is 3. The number of aliphatic hydroxyl groups excluding tert-OH is 1. The molecule has 0 aliphatic heterocycles. The molecule has 22 heavy (non-hydrogen) atoms. The molecule has 1 aromatic carbocycles. The number of halogens is 2. The molecule has 116 valence electrons. The molecule has 3 N–H and O–H groups in total. The topological polar surface area (TPSA) is 74.2 Å². The van der Waals surface area contributed by atoms with Crippen molar-refractivity contribution in [2.45, 2.75) is 13.0 Å². The number of carbonyl (C=O) groups is 1. The third kappa shape index (κ3) is 4.10. The predicted molar refractivity (Wildman–Crippen MR) is 87.4 cm³/mol. The highest BCUT2D eigenvalue weighted by Gasteiger charge is 2.16. The minimum atomic E-state index is -0.995. The molecule has 0 spiro atoms. The molecule has 1 unspecified atom stereocenters. The predicted octanol–water partition coefficient (Wildman–Crippen LogP) is 3.55. The van der Waals surface area contributed by atoms with Gasteiger partial charge in [-0.15, -0.1) is 0 Å². The SMILES string of the molecule is Cc1cnccc1NC(=O)NCC(O)c1c(Cl)cccc1Cl. The Bertz CT molecular complexity index is 659. The number of benzene rings is 1. The lowest BCUT2D eigenvalue weighted by molar-refractivity contribution is 0.175. The van der Waals surface area contributed by atoms with Gasteiger partial charge in [0, 0.05) is 40.2 Å². The summed E-state index contributed by atoms with van der Waals surface area (Å²) in [5.41, 5.74) is 1.89. The molecule has 0 saturated heterocycles. The Morgan fingerprint density at radius 3 is 2.64 bits per heavy atom. The van der Waals surface area contributed by atoms with Crippen LogP contribution in [0.3, 0.4) is 0 Å². The van der Waals surface area contributed by atoms with Crippen LogP contribution < -0.4 is 10.6 Å². The number of rotatable bonds is 4. The van der Waals surface area contributed by atoms with E-state index >= 15 is 0 Å². The van der Waals surface area contributed by atoms with E-state index in [-0.39, 0.29) is 6.54 Å². The molecular formula is C15H15Cl2N3O2. The number of pyridine rings is 1. The number of urea groups is 1. The van der Waals surface area contributed by atoms with Gasteiger partial charge in [0.15, 0.2) is 0 Å². The monoisotopic (exact) mass is 339 g/mol. The van der Waals surface area contributed by atoms with Crippen molar-refractivity contribution in [2.75, 3.05) is 11.9 Å². The first kappa shape index (κ1) is 16.5. The Labute approximate surface area is 138 Å². The largest absolute Gasteiger partial charge is 0.386 e. The van der Waals surface area contributed by atoms with Gasteiger partial charge in [0.2, 0.25) is 0 Å². The maximum Gasteiger partial charge on any atom is 0.319 e.